The van der Waals surface area contributed by atoms with Crippen LogP contribution in [0.1, 0.15) is 47.0 Å². The molecule has 0 aliphatic heterocycles. The van der Waals surface area contributed by atoms with Gasteiger partial charge in [-0.05, 0) is 43.8 Å². The maximum Gasteiger partial charge on any atom is 2.00 e. The zero-order valence-electron chi connectivity index (χ0n) is 15.9. The van der Waals surface area contributed by atoms with Gasteiger partial charge in [-0.2, -0.15) is 4.99 Å². The summed E-state index contributed by atoms with van der Waals surface area (Å²) in [4.78, 5) is 15.0. The number of aliphatic imine (C=N–C) groups is 1. The largest absolute Gasteiger partial charge is 2.00 e. The van der Waals surface area contributed by atoms with Gasteiger partial charge in [0.25, 0.3) is 0 Å². The van der Waals surface area contributed by atoms with Crippen molar-refractivity contribution in [3.8, 4) is 0 Å². The van der Waals surface area contributed by atoms with Gasteiger partial charge in [-0.25, -0.2) is 4.79 Å². The van der Waals surface area contributed by atoms with Crippen molar-refractivity contribution >= 4 is 37.5 Å². The summed E-state index contributed by atoms with van der Waals surface area (Å²) in [5.41, 5.74) is -0.536. The number of halogens is 1. The Bertz CT molecular complexity index is 471. The Balaban J connectivity index is 0. The van der Waals surface area contributed by atoms with E-state index in [1.165, 1.54) is 0 Å². The standard InChI is InChI=1S/C17H30NO3Si.BrH.Mg/c1-13(2)15(20)17(18-12-19,14-9-8-10-14)11-21-22(6,7)16(3,4)5;;/h14-15H,1,8-11H2,2-7H3;1H;/q-1;;+2/p-1/t15-,17-;;/m1../s1. The van der Waals surface area contributed by atoms with E-state index in [-0.39, 0.29) is 57.6 Å². The number of hydrogen-bond donors (Lipinski definition) is 0. The van der Waals surface area contributed by atoms with Crippen molar-refractivity contribution in [3.05, 3.63) is 12.2 Å². The van der Waals surface area contributed by atoms with Gasteiger partial charge >= 0.3 is 23.1 Å². The Morgan fingerprint density at radius 3 is 2.21 bits per heavy atom. The molecule has 0 unspecified atom stereocenters. The van der Waals surface area contributed by atoms with Crippen LogP contribution in [0.2, 0.25) is 18.1 Å². The number of carbonyl (C=O) groups excluding carboxylic acids is 1. The first-order valence-electron chi connectivity index (χ1n) is 8.02. The molecule has 1 aliphatic rings. The predicted molar refractivity (Wildman–Crippen MR) is 95.7 cm³/mol. The first-order valence-corrected chi connectivity index (χ1v) is 10.9. The van der Waals surface area contributed by atoms with E-state index >= 15 is 0 Å². The van der Waals surface area contributed by atoms with Gasteiger partial charge in [0, 0.05) is 0 Å². The van der Waals surface area contributed by atoms with Gasteiger partial charge in [-0.1, -0.05) is 38.9 Å². The van der Waals surface area contributed by atoms with E-state index in [0.717, 1.165) is 19.3 Å². The van der Waals surface area contributed by atoms with Crippen molar-refractivity contribution in [2.75, 3.05) is 6.61 Å². The molecule has 134 valence electrons. The fraction of sp³-hybridized carbons (Fsp3) is 0.824. The van der Waals surface area contributed by atoms with Crippen LogP contribution in [0.15, 0.2) is 17.1 Å². The second kappa shape index (κ2) is 10.00. The third-order valence-electron chi connectivity index (χ3n) is 5.44. The van der Waals surface area contributed by atoms with Crippen molar-refractivity contribution in [3.63, 3.8) is 0 Å². The molecular weight excluding hydrogens is 398 g/mol. The molecule has 1 saturated carbocycles. The van der Waals surface area contributed by atoms with E-state index in [2.05, 4.69) is 45.4 Å². The van der Waals surface area contributed by atoms with Crippen LogP contribution in [0.5, 0.6) is 0 Å². The number of hydrogen-bond acceptors (Lipinski definition) is 4. The first-order chi connectivity index (χ1) is 9.98. The van der Waals surface area contributed by atoms with Crippen LogP contribution in [0.4, 0.5) is 0 Å². The van der Waals surface area contributed by atoms with Crippen molar-refractivity contribution < 1.29 is 31.3 Å². The Labute approximate surface area is 174 Å². The molecule has 0 spiro atoms. The van der Waals surface area contributed by atoms with Gasteiger partial charge in [-0.15, -0.1) is 6.58 Å². The maximum absolute atomic E-state index is 12.8. The Hall–Kier alpha value is 0.503. The summed E-state index contributed by atoms with van der Waals surface area (Å²) in [7, 11) is -2.02. The molecule has 0 N–H and O–H groups in total. The van der Waals surface area contributed by atoms with Crippen LogP contribution in [0, 0.1) is 5.92 Å². The zero-order valence-corrected chi connectivity index (χ0v) is 19.9. The summed E-state index contributed by atoms with van der Waals surface area (Å²) in [6, 6.07) is 0. The summed E-state index contributed by atoms with van der Waals surface area (Å²) in [6.45, 7) is 16.4. The summed E-state index contributed by atoms with van der Waals surface area (Å²) >= 11 is 0. The molecule has 0 heterocycles. The fourth-order valence-electron chi connectivity index (χ4n) is 2.52. The minimum atomic E-state index is -2.02. The van der Waals surface area contributed by atoms with Gasteiger partial charge in [-0.3, -0.25) is 0 Å². The van der Waals surface area contributed by atoms with E-state index in [0.29, 0.717) is 5.57 Å². The number of rotatable bonds is 7. The van der Waals surface area contributed by atoms with Gasteiger partial charge < -0.3 is 26.5 Å². The van der Waals surface area contributed by atoms with Crippen LogP contribution in [0.3, 0.4) is 0 Å². The zero-order chi connectivity index (χ0) is 17.2. The third kappa shape index (κ3) is 5.76. The molecule has 0 aromatic rings. The molecule has 0 bridgehead atoms. The molecule has 0 aromatic heterocycles. The van der Waals surface area contributed by atoms with Gasteiger partial charge in [0.1, 0.15) is 0 Å². The van der Waals surface area contributed by atoms with E-state index < -0.39 is 20.0 Å². The summed E-state index contributed by atoms with van der Waals surface area (Å²) < 4.78 is 6.27. The van der Waals surface area contributed by atoms with Gasteiger partial charge in [0.05, 0.1) is 12.1 Å². The Kier molecular flexibility index (Phi) is 11.1. The second-order valence-corrected chi connectivity index (χ2v) is 12.9. The topological polar surface area (TPSA) is 61.7 Å². The molecule has 2 atom stereocenters. The average molecular weight is 429 g/mol. The average Bonchev–Trinajstić information content (AvgIpc) is 2.31. The first kappa shape index (κ1) is 26.7. The molecule has 1 rings (SSSR count). The van der Waals surface area contributed by atoms with Gasteiger partial charge in [0.2, 0.25) is 6.08 Å². The molecule has 1 fully saturated rings. The Morgan fingerprint density at radius 1 is 1.42 bits per heavy atom. The molecule has 0 amide bonds. The second-order valence-electron chi connectivity index (χ2n) is 8.10. The quantitative estimate of drug-likeness (QED) is 0.244. The van der Waals surface area contributed by atoms with Crippen molar-refractivity contribution in [1.29, 1.82) is 0 Å². The van der Waals surface area contributed by atoms with Crippen molar-refractivity contribution in [1.82, 2.24) is 0 Å². The molecule has 7 heteroatoms. The summed E-state index contributed by atoms with van der Waals surface area (Å²) in [5.74, 6) is 0.0953. The number of isocyanates is 1. The normalized spacial score (nSPS) is 18.8. The third-order valence-corrected chi connectivity index (χ3v) is 9.92. The Morgan fingerprint density at radius 2 is 1.92 bits per heavy atom. The van der Waals surface area contributed by atoms with Gasteiger partial charge in [0.15, 0.2) is 8.32 Å². The molecule has 0 aromatic carbocycles. The maximum atomic E-state index is 12.8. The summed E-state index contributed by atoms with van der Waals surface area (Å²) in [6.07, 6.45) is 3.42. The van der Waals surface area contributed by atoms with E-state index in [9.17, 15) is 9.90 Å². The van der Waals surface area contributed by atoms with Crippen LogP contribution < -0.4 is 22.1 Å². The summed E-state index contributed by atoms with van der Waals surface area (Å²) in [5, 5.41) is 12.8. The van der Waals surface area contributed by atoms with Crippen LogP contribution in [-0.4, -0.2) is 55.7 Å². The molecule has 4 nitrogen and oxygen atoms in total. The minimum Gasteiger partial charge on any atom is -1.00 e. The molecule has 0 radical (unpaired) electrons. The van der Waals surface area contributed by atoms with Crippen LogP contribution >= 0.6 is 0 Å². The minimum absolute atomic E-state index is 0. The van der Waals surface area contributed by atoms with Crippen molar-refractivity contribution in [2.24, 2.45) is 10.9 Å². The molecule has 1 aliphatic carbocycles. The van der Waals surface area contributed by atoms with Crippen molar-refractivity contribution in [2.45, 2.75) is 76.7 Å². The van der Waals surface area contributed by atoms with E-state index in [1.807, 2.05) is 0 Å². The predicted octanol–water partition coefficient (Wildman–Crippen LogP) is -0.189. The smallest absolute Gasteiger partial charge is 1.00 e. The number of nitrogens with zero attached hydrogens (tertiary/aromatic N) is 1. The van der Waals surface area contributed by atoms with E-state index in [1.54, 1.807) is 13.0 Å². The van der Waals surface area contributed by atoms with E-state index in [4.69, 9.17) is 4.43 Å². The van der Waals surface area contributed by atoms with Crippen LogP contribution in [-0.2, 0) is 9.22 Å². The van der Waals surface area contributed by atoms with Crippen LogP contribution in [0.25, 0.3) is 0 Å². The monoisotopic (exact) mass is 427 g/mol. The SMILES string of the molecule is C=C(C)[C@@H]([O-])[C@](CO[Si](C)(C)C(C)(C)C)(N=C=O)C1CCC1.[Br-].[Mg+2]. The molecule has 24 heavy (non-hydrogen) atoms. The molecule has 0 saturated heterocycles. The fourth-order valence-corrected chi connectivity index (χ4v) is 3.55. The molecular formula is C17H30BrMgNO3Si.